The van der Waals surface area contributed by atoms with Crippen molar-refractivity contribution in [3.8, 4) is 0 Å². The van der Waals surface area contributed by atoms with Crippen LogP contribution < -0.4 is 5.32 Å². The third-order valence-electron chi connectivity index (χ3n) is 4.61. The Morgan fingerprint density at radius 1 is 0.967 bits per heavy atom. The number of hydrogen-bond acceptors (Lipinski definition) is 6. The molecule has 0 aliphatic rings. The normalized spacial score (nSPS) is 13.0. The minimum Gasteiger partial charge on any atom is -0.475 e. The minimum atomic E-state index is -1.14. The van der Waals surface area contributed by atoms with Crippen molar-refractivity contribution >= 4 is 11.8 Å². The number of aliphatic hydroxyl groups excluding tert-OH is 1. The number of carbonyl (C=O) groups excluding carboxylic acids is 1. The Kier molecular flexibility index (Phi) is 7.13. The Morgan fingerprint density at radius 2 is 1.60 bits per heavy atom. The monoisotopic (exact) mass is 409 g/mol. The van der Waals surface area contributed by atoms with E-state index in [1.54, 1.807) is 24.3 Å². The van der Waals surface area contributed by atoms with Crippen molar-refractivity contribution in [3.63, 3.8) is 0 Å². The van der Waals surface area contributed by atoms with Gasteiger partial charge in [0.2, 0.25) is 5.76 Å². The van der Waals surface area contributed by atoms with Crippen LogP contribution in [0.5, 0.6) is 0 Å². The molecule has 7 nitrogen and oxygen atoms in total. The van der Waals surface area contributed by atoms with Gasteiger partial charge in [-0.2, -0.15) is 0 Å². The predicted octanol–water partition coefficient (Wildman–Crippen LogP) is 3.45. The van der Waals surface area contributed by atoms with Crippen molar-refractivity contribution in [2.24, 2.45) is 0 Å². The number of furan rings is 1. The zero-order chi connectivity index (χ0) is 21.5. The summed E-state index contributed by atoms with van der Waals surface area (Å²) in [6.07, 6.45) is -0.740. The molecule has 0 saturated carbocycles. The number of nitrogens with one attached hydrogen (secondary N) is 1. The van der Waals surface area contributed by atoms with Gasteiger partial charge in [0.05, 0.1) is 12.8 Å². The lowest BCUT2D eigenvalue weighted by Crippen LogP contribution is -2.29. The first kappa shape index (κ1) is 21.4. The van der Waals surface area contributed by atoms with E-state index < -0.39 is 18.1 Å². The molecule has 2 atom stereocenters. The first-order valence-corrected chi connectivity index (χ1v) is 9.42. The lowest BCUT2D eigenvalue weighted by molar-refractivity contribution is -0.119. The number of benzene rings is 2. The number of ketones is 1. The Bertz CT molecular complexity index is 980. The summed E-state index contributed by atoms with van der Waals surface area (Å²) in [6.45, 7) is 1.63. The fourth-order valence-corrected chi connectivity index (χ4v) is 3.06. The summed E-state index contributed by atoms with van der Waals surface area (Å²) in [5.74, 6) is -0.994. The van der Waals surface area contributed by atoms with Crippen molar-refractivity contribution in [2.75, 3.05) is 6.73 Å². The van der Waals surface area contributed by atoms with Crippen LogP contribution in [0.1, 0.15) is 52.1 Å². The lowest BCUT2D eigenvalue weighted by Gasteiger charge is -2.18. The molecule has 7 heteroatoms. The molecule has 30 heavy (non-hydrogen) atoms. The van der Waals surface area contributed by atoms with E-state index in [2.05, 4.69) is 5.32 Å². The summed E-state index contributed by atoms with van der Waals surface area (Å²) in [4.78, 5) is 22.9. The van der Waals surface area contributed by atoms with E-state index in [0.717, 1.165) is 16.7 Å². The second-order valence-corrected chi connectivity index (χ2v) is 6.79. The second-order valence-electron chi connectivity index (χ2n) is 6.79. The molecule has 0 saturated heterocycles. The molecule has 2 unspecified atom stereocenters. The van der Waals surface area contributed by atoms with Crippen LogP contribution in [0.4, 0.5) is 0 Å². The molecule has 0 aliphatic carbocycles. The van der Waals surface area contributed by atoms with Gasteiger partial charge in [0.1, 0.15) is 18.5 Å². The predicted molar refractivity (Wildman–Crippen MR) is 109 cm³/mol. The van der Waals surface area contributed by atoms with Crippen LogP contribution >= 0.6 is 0 Å². The summed E-state index contributed by atoms with van der Waals surface area (Å²) in [5, 5.41) is 22.4. The van der Waals surface area contributed by atoms with E-state index in [0.29, 0.717) is 5.76 Å². The van der Waals surface area contributed by atoms with Crippen LogP contribution in [-0.2, 0) is 16.1 Å². The van der Waals surface area contributed by atoms with E-state index in [1.165, 1.54) is 19.1 Å². The van der Waals surface area contributed by atoms with Gasteiger partial charge in [0.25, 0.3) is 0 Å². The highest BCUT2D eigenvalue weighted by atomic mass is 16.5. The molecule has 1 aromatic heterocycles. The fourth-order valence-electron chi connectivity index (χ4n) is 3.06. The Hall–Kier alpha value is -3.26. The van der Waals surface area contributed by atoms with Crippen LogP contribution in [0.15, 0.2) is 71.1 Å². The molecular weight excluding hydrogens is 386 g/mol. The fraction of sp³-hybridized carbons (Fsp3) is 0.217. The van der Waals surface area contributed by atoms with Crippen molar-refractivity contribution in [1.82, 2.24) is 5.32 Å². The highest BCUT2D eigenvalue weighted by Crippen LogP contribution is 2.24. The van der Waals surface area contributed by atoms with Gasteiger partial charge in [-0.15, -0.1) is 0 Å². The smallest absolute Gasteiger partial charge is 0.371 e. The number of Topliss-reactive ketones (excluding diaryl/α,β-unsaturated/α-hetero) is 1. The van der Waals surface area contributed by atoms with E-state index >= 15 is 0 Å². The molecule has 0 aliphatic heterocycles. The molecule has 0 amide bonds. The molecule has 3 aromatic rings. The number of carbonyl (C=O) groups is 2. The van der Waals surface area contributed by atoms with Crippen molar-refractivity contribution in [3.05, 3.63) is 94.9 Å². The van der Waals surface area contributed by atoms with Crippen LogP contribution in [0.25, 0.3) is 0 Å². The SMILES string of the molecule is CC(=O)C(NCOCc1ccc(C(=O)O)o1)c1ccc(C(O)c2ccccc2)cc1. The Balaban J connectivity index is 1.57. The third kappa shape index (κ3) is 5.42. The van der Waals surface area contributed by atoms with Crippen LogP contribution in [-0.4, -0.2) is 28.7 Å². The van der Waals surface area contributed by atoms with Gasteiger partial charge in [0.15, 0.2) is 5.78 Å². The number of aliphatic hydroxyl groups is 1. The van der Waals surface area contributed by atoms with Gasteiger partial charge in [-0.25, -0.2) is 4.79 Å². The maximum atomic E-state index is 12.1. The van der Waals surface area contributed by atoms with E-state index in [-0.39, 0.29) is 24.9 Å². The maximum absolute atomic E-state index is 12.1. The van der Waals surface area contributed by atoms with Gasteiger partial charge >= 0.3 is 5.97 Å². The topological polar surface area (TPSA) is 109 Å². The molecule has 3 N–H and O–H groups in total. The van der Waals surface area contributed by atoms with E-state index in [9.17, 15) is 14.7 Å². The third-order valence-corrected chi connectivity index (χ3v) is 4.61. The van der Waals surface area contributed by atoms with Gasteiger partial charge in [-0.05, 0) is 35.7 Å². The standard InChI is InChI=1S/C23H23NO6/c1-15(25)21(24-14-29-13-19-11-12-20(30-19)23(27)28)16-7-9-18(10-8-16)22(26)17-5-3-2-4-6-17/h2-12,21-22,24,26H,13-14H2,1H3,(H,27,28). The van der Waals surface area contributed by atoms with Gasteiger partial charge in [0, 0.05) is 0 Å². The van der Waals surface area contributed by atoms with Crippen LogP contribution in [0.3, 0.4) is 0 Å². The first-order valence-electron chi connectivity index (χ1n) is 9.42. The van der Waals surface area contributed by atoms with Gasteiger partial charge in [-0.1, -0.05) is 54.6 Å². The molecule has 0 fully saturated rings. The van der Waals surface area contributed by atoms with Crippen LogP contribution in [0.2, 0.25) is 0 Å². The molecule has 156 valence electrons. The number of rotatable bonds is 10. The number of aromatic carboxylic acids is 1. The molecule has 0 spiro atoms. The summed E-state index contributed by atoms with van der Waals surface area (Å²) in [5.41, 5.74) is 2.28. The average Bonchev–Trinajstić information content (AvgIpc) is 3.23. The van der Waals surface area contributed by atoms with E-state index in [1.807, 2.05) is 30.3 Å². The number of carboxylic acid groups (broad SMARTS) is 1. The molecule has 3 rings (SSSR count). The highest BCUT2D eigenvalue weighted by molar-refractivity contribution is 5.84. The minimum absolute atomic E-state index is 0.0712. The second kappa shape index (κ2) is 9.98. The number of carboxylic acids is 1. The lowest BCUT2D eigenvalue weighted by atomic mass is 9.97. The van der Waals surface area contributed by atoms with Crippen molar-refractivity contribution in [2.45, 2.75) is 25.7 Å². The Labute approximate surface area is 173 Å². The maximum Gasteiger partial charge on any atom is 0.371 e. The number of hydrogen-bond donors (Lipinski definition) is 3. The van der Waals surface area contributed by atoms with Crippen molar-refractivity contribution in [1.29, 1.82) is 0 Å². The zero-order valence-corrected chi connectivity index (χ0v) is 16.4. The van der Waals surface area contributed by atoms with Crippen molar-refractivity contribution < 1.29 is 29.0 Å². The molecule has 2 aromatic carbocycles. The quantitative estimate of drug-likeness (QED) is 0.348. The number of ether oxygens (including phenoxy) is 1. The summed E-state index contributed by atoms with van der Waals surface area (Å²) < 4.78 is 10.6. The van der Waals surface area contributed by atoms with Gasteiger partial charge in [-0.3, -0.25) is 10.1 Å². The first-order chi connectivity index (χ1) is 14.5. The average molecular weight is 409 g/mol. The molecule has 0 bridgehead atoms. The summed E-state index contributed by atoms with van der Waals surface area (Å²) in [7, 11) is 0. The van der Waals surface area contributed by atoms with Gasteiger partial charge < -0.3 is 19.4 Å². The largest absolute Gasteiger partial charge is 0.475 e. The molecule has 0 radical (unpaired) electrons. The van der Waals surface area contributed by atoms with E-state index in [4.69, 9.17) is 14.3 Å². The zero-order valence-electron chi connectivity index (χ0n) is 16.4. The Morgan fingerprint density at radius 3 is 2.20 bits per heavy atom. The molecular formula is C23H23NO6. The highest BCUT2D eigenvalue weighted by Gasteiger charge is 2.17. The molecule has 1 heterocycles. The summed E-state index contributed by atoms with van der Waals surface area (Å²) >= 11 is 0. The van der Waals surface area contributed by atoms with Crippen LogP contribution in [0, 0.1) is 0 Å². The summed E-state index contributed by atoms with van der Waals surface area (Å²) in [6, 6.07) is 18.8.